The lowest BCUT2D eigenvalue weighted by atomic mass is 9.96. The Kier molecular flexibility index (Phi) is 7.80. The fourth-order valence-electron chi connectivity index (χ4n) is 6.42. The summed E-state index contributed by atoms with van der Waals surface area (Å²) < 4.78 is 45.3. The number of alkyl halides is 3. The van der Waals surface area contributed by atoms with Crippen LogP contribution in [0, 0.1) is 0 Å². The largest absolute Gasteiger partial charge is 0.416 e. The zero-order valence-corrected chi connectivity index (χ0v) is 23.0. The first kappa shape index (κ1) is 27.5. The summed E-state index contributed by atoms with van der Waals surface area (Å²) in [5.74, 6) is -0.810. The summed E-state index contributed by atoms with van der Waals surface area (Å²) in [4.78, 5) is 34.8. The molecule has 2 amide bonds. The molecule has 1 N–H and O–H groups in total. The number of amides is 2. The van der Waals surface area contributed by atoms with Crippen LogP contribution in [0.25, 0.3) is 0 Å². The third kappa shape index (κ3) is 5.73. The number of nitrogens with zero attached hydrogens (tertiary/aromatic N) is 3. The Labute approximate surface area is 235 Å². The number of rotatable bonds is 6. The molecule has 7 nitrogen and oxygen atoms in total. The predicted octanol–water partition coefficient (Wildman–Crippen LogP) is 3.87. The van der Waals surface area contributed by atoms with Gasteiger partial charge in [-0.2, -0.15) is 13.2 Å². The van der Waals surface area contributed by atoms with E-state index < -0.39 is 17.6 Å². The van der Waals surface area contributed by atoms with Gasteiger partial charge in [-0.3, -0.25) is 19.5 Å². The Morgan fingerprint density at radius 1 is 1.10 bits per heavy atom. The van der Waals surface area contributed by atoms with E-state index in [1.54, 1.807) is 0 Å². The van der Waals surface area contributed by atoms with Gasteiger partial charge in [-0.1, -0.05) is 12.1 Å². The minimum absolute atomic E-state index is 0.0289. The fourth-order valence-corrected chi connectivity index (χ4v) is 8.06. The van der Waals surface area contributed by atoms with Gasteiger partial charge >= 0.3 is 6.18 Å². The highest BCUT2D eigenvalue weighted by molar-refractivity contribution is 8.00. The zero-order valence-electron chi connectivity index (χ0n) is 22.2. The van der Waals surface area contributed by atoms with Crippen molar-refractivity contribution in [2.24, 2.45) is 0 Å². The molecule has 3 aliphatic heterocycles. The second-order valence-electron chi connectivity index (χ2n) is 11.1. The van der Waals surface area contributed by atoms with Gasteiger partial charge < -0.3 is 15.0 Å². The lowest BCUT2D eigenvalue weighted by Gasteiger charge is -2.31. The quantitative estimate of drug-likeness (QED) is 0.565. The minimum Gasteiger partial charge on any atom is -0.381 e. The second-order valence-corrected chi connectivity index (χ2v) is 12.5. The first-order valence-electron chi connectivity index (χ1n) is 14.0. The van der Waals surface area contributed by atoms with Gasteiger partial charge in [0.05, 0.1) is 23.8 Å². The molecule has 2 aromatic rings. The number of nitrogens with one attached hydrogen (secondary N) is 1. The van der Waals surface area contributed by atoms with Crippen LogP contribution in [0.1, 0.15) is 57.3 Å². The van der Waals surface area contributed by atoms with Gasteiger partial charge in [0.1, 0.15) is 0 Å². The summed E-state index contributed by atoms with van der Waals surface area (Å²) >= 11 is 1.88. The Balaban J connectivity index is 1.14. The molecule has 2 fully saturated rings. The maximum atomic E-state index is 13.3. The molecule has 0 bridgehead atoms. The molecule has 11 heteroatoms. The summed E-state index contributed by atoms with van der Waals surface area (Å²) in [6, 6.07) is 7.71. The third-order valence-electron chi connectivity index (χ3n) is 8.53. The van der Waals surface area contributed by atoms with Crippen LogP contribution in [-0.2, 0) is 28.5 Å². The maximum absolute atomic E-state index is 13.3. The lowest BCUT2D eigenvalue weighted by molar-refractivity contribution is -0.137. The molecular weight excluding hydrogens is 541 g/mol. The van der Waals surface area contributed by atoms with Crippen LogP contribution in [0.2, 0.25) is 0 Å². The highest BCUT2D eigenvalue weighted by atomic mass is 32.2. The van der Waals surface area contributed by atoms with Crippen LogP contribution in [-0.4, -0.2) is 83.3 Å². The number of pyridine rings is 1. The molecule has 214 valence electrons. The number of carbonyl (C=O) groups is 2. The molecule has 1 aromatic heterocycles. The van der Waals surface area contributed by atoms with Crippen LogP contribution in [0.3, 0.4) is 0 Å². The van der Waals surface area contributed by atoms with E-state index in [0.29, 0.717) is 24.6 Å². The molecule has 3 atom stereocenters. The number of hydrogen-bond acceptors (Lipinski definition) is 6. The van der Waals surface area contributed by atoms with Crippen LogP contribution in [0.4, 0.5) is 13.2 Å². The number of likely N-dealkylation sites (tertiary alicyclic amines) is 1. The Bertz CT molecular complexity index is 1270. The van der Waals surface area contributed by atoms with Crippen molar-refractivity contribution < 1.29 is 27.5 Å². The van der Waals surface area contributed by atoms with E-state index in [1.165, 1.54) is 16.5 Å². The average Bonchev–Trinajstić information content (AvgIpc) is 3.54. The molecule has 0 spiro atoms. The number of ether oxygens (including phenoxy) is 1. The number of thioether (sulfide) groups is 1. The average molecular weight is 575 g/mol. The monoisotopic (exact) mass is 574 g/mol. The van der Waals surface area contributed by atoms with E-state index in [9.17, 15) is 22.8 Å². The van der Waals surface area contributed by atoms with Gasteiger partial charge in [0, 0.05) is 61.2 Å². The molecular formula is C29H33F3N4O3S. The molecule has 2 saturated heterocycles. The summed E-state index contributed by atoms with van der Waals surface area (Å²) in [5, 5.41) is 3.64. The molecule has 40 heavy (non-hydrogen) atoms. The van der Waals surface area contributed by atoms with Gasteiger partial charge in [0.2, 0.25) is 5.91 Å². The van der Waals surface area contributed by atoms with E-state index in [-0.39, 0.29) is 34.6 Å². The Hall–Kier alpha value is -2.63. The first-order chi connectivity index (χ1) is 19.3. The maximum Gasteiger partial charge on any atom is 0.416 e. The van der Waals surface area contributed by atoms with Crippen molar-refractivity contribution in [3.63, 3.8) is 0 Å². The molecule has 1 aromatic carbocycles. The predicted molar refractivity (Wildman–Crippen MR) is 145 cm³/mol. The number of carbonyl (C=O) groups excluding carboxylic acids is 2. The van der Waals surface area contributed by atoms with Crippen LogP contribution in [0.5, 0.6) is 0 Å². The van der Waals surface area contributed by atoms with Gasteiger partial charge in [0.15, 0.2) is 0 Å². The van der Waals surface area contributed by atoms with E-state index in [2.05, 4.69) is 21.3 Å². The minimum atomic E-state index is -4.53. The molecule has 0 saturated carbocycles. The molecule has 6 rings (SSSR count). The number of fused-ring (bicyclic) bond motifs is 2. The summed E-state index contributed by atoms with van der Waals surface area (Å²) in [7, 11) is 0. The van der Waals surface area contributed by atoms with Gasteiger partial charge in [0.25, 0.3) is 5.91 Å². The summed E-state index contributed by atoms with van der Waals surface area (Å²) in [6.45, 7) is 3.19. The topological polar surface area (TPSA) is 74.8 Å². The van der Waals surface area contributed by atoms with Crippen LogP contribution < -0.4 is 5.32 Å². The van der Waals surface area contributed by atoms with Crippen LogP contribution in [0.15, 0.2) is 36.5 Å². The first-order valence-corrected chi connectivity index (χ1v) is 14.9. The van der Waals surface area contributed by atoms with Crippen molar-refractivity contribution in [1.82, 2.24) is 20.1 Å². The fraction of sp³-hybridized carbons (Fsp3) is 0.552. The van der Waals surface area contributed by atoms with Crippen molar-refractivity contribution in [3.8, 4) is 0 Å². The normalized spacial score (nSPS) is 25.6. The van der Waals surface area contributed by atoms with Crippen molar-refractivity contribution in [1.29, 1.82) is 0 Å². The standard InChI is InChI=1S/C29H33F3N4O3S/c30-29(31,32)20-5-3-18-7-11-35(28(38)22(18)14-20)17-26(37)34-23-15-36(21-8-12-39-13-9-21)16-25(23)40-24-6-4-19-2-1-10-33-27(19)24/h1-3,5,10,14,21,23-25H,4,6-9,11-13,15-17H2,(H,34,37)/t23?,24?,25-/m0/s1. The Morgan fingerprint density at radius 2 is 1.93 bits per heavy atom. The van der Waals surface area contributed by atoms with Crippen molar-refractivity contribution in [3.05, 3.63) is 64.5 Å². The zero-order chi connectivity index (χ0) is 27.9. The third-order valence-corrected chi connectivity index (χ3v) is 10.1. The highest BCUT2D eigenvalue weighted by Gasteiger charge is 2.41. The van der Waals surface area contributed by atoms with Crippen molar-refractivity contribution in [2.45, 2.75) is 60.9 Å². The molecule has 0 radical (unpaired) electrons. The van der Waals surface area contributed by atoms with E-state index in [0.717, 1.165) is 69.8 Å². The highest BCUT2D eigenvalue weighted by Crippen LogP contribution is 2.44. The SMILES string of the molecule is O=C(CN1CCc2ccc(C(F)(F)F)cc2C1=O)NC1CN(C2CCOCC2)C[C@@H]1SC1CCc2cccnc21. The van der Waals surface area contributed by atoms with E-state index in [4.69, 9.17) is 4.74 Å². The number of halogens is 3. The Morgan fingerprint density at radius 3 is 2.73 bits per heavy atom. The lowest BCUT2D eigenvalue weighted by Crippen LogP contribution is -2.49. The van der Waals surface area contributed by atoms with Gasteiger partial charge in [-0.25, -0.2) is 0 Å². The van der Waals surface area contributed by atoms with E-state index >= 15 is 0 Å². The molecule has 4 heterocycles. The second kappa shape index (κ2) is 11.3. The van der Waals surface area contributed by atoms with Gasteiger partial charge in [-0.05, 0) is 61.4 Å². The summed E-state index contributed by atoms with van der Waals surface area (Å²) in [6.07, 6.45) is 1.68. The van der Waals surface area contributed by atoms with Crippen molar-refractivity contribution in [2.75, 3.05) is 39.4 Å². The number of aryl methyl sites for hydroxylation is 1. The number of hydrogen-bond donors (Lipinski definition) is 1. The number of benzene rings is 1. The number of aromatic nitrogens is 1. The smallest absolute Gasteiger partial charge is 0.381 e. The summed E-state index contributed by atoms with van der Waals surface area (Å²) in [5.41, 5.74) is 2.18. The van der Waals surface area contributed by atoms with E-state index in [1.807, 2.05) is 24.0 Å². The molecule has 2 unspecified atom stereocenters. The molecule has 4 aliphatic rings. The van der Waals surface area contributed by atoms with Crippen molar-refractivity contribution >= 4 is 23.6 Å². The van der Waals surface area contributed by atoms with Crippen LogP contribution >= 0.6 is 11.8 Å². The van der Waals surface area contributed by atoms with Gasteiger partial charge in [-0.15, -0.1) is 11.8 Å². The molecule has 1 aliphatic carbocycles.